The molecule has 31 heavy (non-hydrogen) atoms. The molecule has 1 heterocycles. The third kappa shape index (κ3) is 8.62. The molecule has 1 aliphatic heterocycles. The molecule has 0 spiro atoms. The Morgan fingerprint density at radius 1 is 1.19 bits per heavy atom. The highest BCUT2D eigenvalue weighted by Crippen LogP contribution is 2.38. The second-order valence-corrected chi connectivity index (χ2v) is 8.70. The molecular formula is C16H20F5NO8S. The Morgan fingerprint density at radius 3 is 2.13 bits per heavy atom. The van der Waals surface area contributed by atoms with Crippen LogP contribution in [0.1, 0.15) is 5.56 Å². The maximum atomic E-state index is 12.9. The third-order valence-electron chi connectivity index (χ3n) is 3.36. The summed E-state index contributed by atoms with van der Waals surface area (Å²) in [5.41, 5.74) is 1.40. The smallest absolute Gasteiger partial charge is 0.432 e. The lowest BCUT2D eigenvalue weighted by Gasteiger charge is -2.29. The number of nitrogens with zero attached hydrogens (tertiary/aromatic N) is 1. The molecule has 1 aromatic rings. The number of hydrogen-bond acceptors (Lipinski definition) is 8. The number of alkyl halides is 5. The lowest BCUT2D eigenvalue weighted by atomic mass is 10.2. The Balaban J connectivity index is 0.000000367. The number of hydrogen-bond donors (Lipinski definition) is 0. The van der Waals surface area contributed by atoms with Crippen molar-refractivity contribution < 1.29 is 63.8 Å². The monoisotopic (exact) mass is 481 g/mol. The molecule has 0 N–H and O–H groups in total. The van der Waals surface area contributed by atoms with Gasteiger partial charge in [0.2, 0.25) is 6.10 Å². The van der Waals surface area contributed by atoms with E-state index in [-0.39, 0.29) is 0 Å². The number of esters is 1. The van der Waals surface area contributed by atoms with Gasteiger partial charge in [-0.05, 0) is 0 Å². The van der Waals surface area contributed by atoms with Gasteiger partial charge in [-0.1, -0.05) is 35.4 Å². The zero-order valence-electron chi connectivity index (χ0n) is 16.5. The Kier molecular flexibility index (Phi) is 8.87. The minimum absolute atomic E-state index is 0.779. The number of benzene rings is 1. The zero-order chi connectivity index (χ0) is 24.1. The fraction of sp³-hybridized carbons (Fsp3) is 0.562. The fourth-order valence-electron chi connectivity index (χ4n) is 2.08. The molecule has 1 aromatic carbocycles. The van der Waals surface area contributed by atoms with Gasteiger partial charge in [0.15, 0.2) is 10.1 Å². The molecule has 1 saturated heterocycles. The van der Waals surface area contributed by atoms with Gasteiger partial charge < -0.3 is 13.8 Å². The predicted octanol–water partition coefficient (Wildman–Crippen LogP) is 1.75. The summed E-state index contributed by atoms with van der Waals surface area (Å²) in [6, 6.07) is 10.6. The van der Waals surface area contributed by atoms with E-state index in [0.29, 0.717) is 0 Å². The van der Waals surface area contributed by atoms with Crippen LogP contribution in [-0.2, 0) is 41.0 Å². The topological polar surface area (TPSA) is 111 Å². The van der Waals surface area contributed by atoms with Crippen molar-refractivity contribution in [2.24, 2.45) is 0 Å². The molecule has 0 aromatic heterocycles. The third-order valence-corrected chi connectivity index (χ3v) is 4.24. The molecule has 178 valence electrons. The van der Waals surface area contributed by atoms with E-state index in [1.807, 2.05) is 0 Å². The van der Waals surface area contributed by atoms with Crippen LogP contribution in [-0.4, -0.2) is 74.8 Å². The number of quaternary nitrogens is 1. The van der Waals surface area contributed by atoms with Crippen molar-refractivity contribution in [2.45, 2.75) is 30.2 Å². The minimum atomic E-state index is -6.74. The van der Waals surface area contributed by atoms with Crippen LogP contribution in [0, 0.1) is 0 Å². The quantitative estimate of drug-likeness (QED) is 0.199. The van der Waals surface area contributed by atoms with Crippen LogP contribution in [0.2, 0.25) is 0 Å². The van der Waals surface area contributed by atoms with Crippen molar-refractivity contribution >= 4 is 16.1 Å². The first-order chi connectivity index (χ1) is 13.9. The summed E-state index contributed by atoms with van der Waals surface area (Å²) < 4.78 is 97.7. The molecule has 0 radical (unpaired) electrons. The van der Waals surface area contributed by atoms with E-state index in [2.05, 4.69) is 71.0 Å². The molecule has 2 rings (SSSR count). The van der Waals surface area contributed by atoms with Crippen molar-refractivity contribution in [3.63, 3.8) is 0 Å². The summed E-state index contributed by atoms with van der Waals surface area (Å²) in [6.07, 6.45) is -12.4. The Labute approximate surface area is 174 Å². The molecule has 2 unspecified atom stereocenters. The highest BCUT2D eigenvalue weighted by Gasteiger charge is 2.63. The number of ether oxygens (including phenoxy) is 1. The van der Waals surface area contributed by atoms with Crippen molar-refractivity contribution in [3.05, 3.63) is 35.9 Å². The van der Waals surface area contributed by atoms with E-state index >= 15 is 0 Å². The average Bonchev–Trinajstić information content (AvgIpc) is 3.12. The number of carbonyl (C=O) groups excluding carboxylic acids is 1. The maximum absolute atomic E-state index is 12.9. The lowest BCUT2D eigenvalue weighted by Crippen LogP contribution is -2.53. The van der Waals surface area contributed by atoms with Gasteiger partial charge in [0.05, 0.1) is 21.1 Å². The van der Waals surface area contributed by atoms with E-state index in [4.69, 9.17) is 0 Å². The first-order valence-electron chi connectivity index (χ1n) is 8.35. The van der Waals surface area contributed by atoms with E-state index < -0.39 is 46.3 Å². The lowest BCUT2D eigenvalue weighted by molar-refractivity contribution is -0.884. The van der Waals surface area contributed by atoms with E-state index in [1.54, 1.807) is 0 Å². The van der Waals surface area contributed by atoms with E-state index in [0.717, 1.165) is 11.0 Å². The summed E-state index contributed by atoms with van der Waals surface area (Å²) in [6.45, 7) is 0.319. The van der Waals surface area contributed by atoms with E-state index in [9.17, 15) is 39.7 Å². The van der Waals surface area contributed by atoms with Crippen LogP contribution < -0.4 is 0 Å². The predicted molar refractivity (Wildman–Crippen MR) is 90.7 cm³/mol. The molecule has 0 bridgehead atoms. The van der Waals surface area contributed by atoms with Crippen molar-refractivity contribution in [2.75, 3.05) is 27.7 Å². The van der Waals surface area contributed by atoms with Gasteiger partial charge in [0.1, 0.15) is 13.2 Å². The van der Waals surface area contributed by atoms with Crippen LogP contribution in [0.15, 0.2) is 30.3 Å². The van der Waals surface area contributed by atoms with Gasteiger partial charge in [-0.25, -0.2) is 18.1 Å². The van der Waals surface area contributed by atoms with Crippen LogP contribution in [0.5, 0.6) is 0 Å². The number of carbonyl (C=O) groups is 1. The summed E-state index contributed by atoms with van der Waals surface area (Å²) in [5.74, 6) is -2.05. The summed E-state index contributed by atoms with van der Waals surface area (Å²) >= 11 is 0. The van der Waals surface area contributed by atoms with Gasteiger partial charge in [-0.2, -0.15) is 26.8 Å². The second-order valence-electron chi connectivity index (χ2n) is 7.25. The van der Waals surface area contributed by atoms with Crippen LogP contribution in [0.3, 0.4) is 0 Å². The summed E-state index contributed by atoms with van der Waals surface area (Å²) in [5, 5.41) is -2.27. The molecule has 0 amide bonds. The number of halogens is 5. The van der Waals surface area contributed by atoms with Gasteiger partial charge in [0.25, 0.3) is 6.10 Å². The highest BCUT2D eigenvalue weighted by molar-refractivity contribution is 7.86. The first kappa shape index (κ1) is 27.1. The van der Waals surface area contributed by atoms with Crippen LogP contribution in [0.4, 0.5) is 22.0 Å². The normalized spacial score (nSPS) is 18.7. The molecule has 2 atom stereocenters. The molecular weight excluding hydrogens is 461 g/mol. The minimum Gasteiger partial charge on any atom is -0.743 e. The Bertz CT molecular complexity index is 821. The Morgan fingerprint density at radius 2 is 1.74 bits per heavy atom. The van der Waals surface area contributed by atoms with Gasteiger partial charge >= 0.3 is 17.4 Å². The summed E-state index contributed by atoms with van der Waals surface area (Å²) in [4.78, 5) is 18.9. The summed E-state index contributed by atoms with van der Waals surface area (Å²) in [7, 11) is -0.134. The van der Waals surface area contributed by atoms with Crippen molar-refractivity contribution in [1.29, 1.82) is 0 Å². The number of rotatable bonds is 6. The second kappa shape index (κ2) is 10.1. The van der Waals surface area contributed by atoms with Gasteiger partial charge in [0, 0.05) is 5.56 Å². The van der Waals surface area contributed by atoms with Crippen molar-refractivity contribution in [1.82, 2.24) is 0 Å². The van der Waals surface area contributed by atoms with Gasteiger partial charge in [-0.3, -0.25) is 0 Å². The molecule has 1 fully saturated rings. The molecule has 15 heteroatoms. The maximum Gasteiger partial charge on any atom is 0.432 e. The Hall–Kier alpha value is -1.91. The fourth-order valence-corrected chi connectivity index (χ4v) is 2.52. The van der Waals surface area contributed by atoms with E-state index in [1.165, 1.54) is 5.56 Å². The molecule has 0 saturated carbocycles. The van der Waals surface area contributed by atoms with Crippen molar-refractivity contribution in [3.8, 4) is 0 Å². The molecule has 0 aliphatic carbocycles. The standard InChI is InChI=1S/C10H16N.C6H5F5O8S/c1-11(2,3)9-10-7-5-4-6-8-10;7-5(8,9)4(6(10,11)20(13,14)15)17-3(12)2-1-16-19-18-2/h4-8H,9H2,1-3H3;2,4H,1H2,(H,13,14,15)/q+1;/p-1. The van der Waals surface area contributed by atoms with Gasteiger partial charge in [-0.15, -0.1) is 0 Å². The first-order valence-corrected chi connectivity index (χ1v) is 9.76. The molecule has 1 aliphatic rings. The average molecular weight is 481 g/mol. The zero-order valence-corrected chi connectivity index (χ0v) is 17.3. The van der Waals surface area contributed by atoms with Crippen LogP contribution in [0.25, 0.3) is 0 Å². The highest BCUT2D eigenvalue weighted by atomic mass is 32.2. The SMILES string of the molecule is C[N+](C)(C)Cc1ccccc1.O=C(OC(C(F)(F)F)C(F)(F)S(=O)(=O)[O-])C1COOO1. The van der Waals surface area contributed by atoms with Crippen LogP contribution >= 0.6 is 0 Å². The molecule has 9 nitrogen and oxygen atoms in total. The largest absolute Gasteiger partial charge is 0.743 e.